The Morgan fingerprint density at radius 2 is 1.08 bits per heavy atom. The first kappa shape index (κ1) is 47.4. The summed E-state index contributed by atoms with van der Waals surface area (Å²) in [6, 6.07) is 24.3. The highest BCUT2D eigenvalue weighted by Gasteiger charge is 2.67. The number of aromatic amines is 2. The lowest BCUT2D eigenvalue weighted by Crippen LogP contribution is -2.32. The molecule has 20 heteroatoms. The van der Waals surface area contributed by atoms with E-state index in [1.165, 1.54) is 24.3 Å². The number of rotatable bonds is 9. The number of phenolic OH excluding ortho intramolecular Hbond substituents is 1. The molecule has 6 atom stereocenters. The maximum Gasteiger partial charge on any atom is 0.202 e. The van der Waals surface area contributed by atoms with Gasteiger partial charge >= 0.3 is 0 Å². The number of piperidine rings is 2. The second-order valence-electron chi connectivity index (χ2n) is 19.5. The maximum absolute atomic E-state index is 14.7. The van der Waals surface area contributed by atoms with Gasteiger partial charge < -0.3 is 26.4 Å². The topological polar surface area (TPSA) is 188 Å². The van der Waals surface area contributed by atoms with Crippen molar-refractivity contribution in [2.24, 2.45) is 35.1 Å². The summed E-state index contributed by atoms with van der Waals surface area (Å²) in [6.45, 7) is 3.65. The summed E-state index contributed by atoms with van der Waals surface area (Å²) in [5, 5.41) is 24.0. The van der Waals surface area contributed by atoms with Gasteiger partial charge in [0.2, 0.25) is 11.3 Å². The van der Waals surface area contributed by atoms with E-state index in [1.54, 1.807) is 42.7 Å². The van der Waals surface area contributed by atoms with Crippen molar-refractivity contribution in [1.82, 2.24) is 40.3 Å². The maximum atomic E-state index is 14.7. The minimum atomic E-state index is -1.08. The van der Waals surface area contributed by atoms with Gasteiger partial charge in [0.05, 0.1) is 28.8 Å². The van der Waals surface area contributed by atoms with Gasteiger partial charge in [-0.3, -0.25) is 10.2 Å². The van der Waals surface area contributed by atoms with E-state index in [2.05, 4.69) is 45.1 Å². The fourth-order valence-corrected chi connectivity index (χ4v) is 12.5. The van der Waals surface area contributed by atoms with E-state index in [4.69, 9.17) is 28.1 Å². The largest absolute Gasteiger partial charge is 0.503 e. The SMILES string of the molecule is NC[C@]1(c2ccccc2F)[C@@H]2CCN(c3cnc4c(-c5cc(F)c(O)c(F)c5)[nH]nc4n3)C[C@@H]21.NC[C@]1(c2ccccc2F)[C@@H]2CCN(c3cnc4c(-c5ccc(-c6cc(F)cc(F)c6)cc5Cl)[nH]nc4n3)C[C@@H]21. The van der Waals surface area contributed by atoms with Crippen molar-refractivity contribution >= 4 is 45.6 Å². The molecule has 376 valence electrons. The van der Waals surface area contributed by atoms with Crippen molar-refractivity contribution in [2.75, 3.05) is 49.1 Å². The molecule has 0 radical (unpaired) electrons. The number of nitrogens with one attached hydrogen (secondary N) is 2. The highest BCUT2D eigenvalue weighted by atomic mass is 35.5. The van der Waals surface area contributed by atoms with Gasteiger partial charge in [0.1, 0.15) is 45.9 Å². The van der Waals surface area contributed by atoms with Crippen molar-refractivity contribution < 1.29 is 31.4 Å². The third-order valence-electron chi connectivity index (χ3n) is 16.0. The summed E-state index contributed by atoms with van der Waals surface area (Å²) < 4.78 is 84.4. The van der Waals surface area contributed by atoms with Crippen molar-refractivity contribution in [3.05, 3.63) is 161 Å². The van der Waals surface area contributed by atoms with E-state index >= 15 is 0 Å². The molecule has 2 saturated heterocycles. The third-order valence-corrected chi connectivity index (χ3v) is 16.3. The van der Waals surface area contributed by atoms with Gasteiger partial charge in [-0.15, -0.1) is 0 Å². The number of nitrogens with two attached hydrogens (primary N) is 2. The zero-order valence-corrected chi connectivity index (χ0v) is 39.9. The lowest BCUT2D eigenvalue weighted by atomic mass is 9.91. The molecule has 7 N–H and O–H groups in total. The molecule has 4 aliphatic rings. The number of aromatic hydroxyl groups is 1. The molecule has 4 fully saturated rings. The number of nitrogens with zero attached hydrogens (tertiary/aromatic N) is 8. The Hall–Kier alpha value is -7.61. The molecule has 0 bridgehead atoms. The highest BCUT2D eigenvalue weighted by Crippen LogP contribution is 2.64. The molecule has 0 amide bonds. The van der Waals surface area contributed by atoms with Crippen molar-refractivity contribution in [3.8, 4) is 39.4 Å². The summed E-state index contributed by atoms with van der Waals surface area (Å²) in [6.07, 6.45) is 5.06. The van der Waals surface area contributed by atoms with Gasteiger partial charge in [0, 0.05) is 67.3 Å². The summed E-state index contributed by atoms with van der Waals surface area (Å²) in [5.41, 5.74) is 17.4. The Labute approximate surface area is 423 Å². The molecule has 13 rings (SSSR count). The number of H-pyrrole nitrogens is 2. The Kier molecular flexibility index (Phi) is 11.6. The van der Waals surface area contributed by atoms with E-state index in [0.29, 0.717) is 116 Å². The van der Waals surface area contributed by atoms with Gasteiger partial charge in [-0.25, -0.2) is 46.3 Å². The van der Waals surface area contributed by atoms with Crippen LogP contribution in [0.4, 0.5) is 38.0 Å². The minimum Gasteiger partial charge on any atom is -0.503 e. The lowest BCUT2D eigenvalue weighted by molar-refractivity contribution is 0.396. The van der Waals surface area contributed by atoms with E-state index < -0.39 is 29.0 Å². The zero-order valence-electron chi connectivity index (χ0n) is 39.2. The van der Waals surface area contributed by atoms with Gasteiger partial charge in [-0.2, -0.15) is 10.2 Å². The average molecular weight is 1030 g/mol. The van der Waals surface area contributed by atoms with E-state index in [9.17, 15) is 31.4 Å². The van der Waals surface area contributed by atoms with E-state index in [0.717, 1.165) is 44.1 Å². The smallest absolute Gasteiger partial charge is 0.202 e. The summed E-state index contributed by atoms with van der Waals surface area (Å²) in [7, 11) is 0. The molecular formula is C54H45ClF6N12O. The molecule has 13 nitrogen and oxygen atoms in total. The minimum absolute atomic E-state index is 0.161. The fraction of sp³-hybridized carbons (Fsp3) is 0.259. The molecule has 5 aromatic carbocycles. The Morgan fingerprint density at radius 1 is 0.581 bits per heavy atom. The second kappa shape index (κ2) is 18.1. The van der Waals surface area contributed by atoms with Crippen LogP contribution < -0.4 is 21.3 Å². The number of fused-ring (bicyclic) bond motifs is 4. The van der Waals surface area contributed by atoms with Crippen LogP contribution in [0.25, 0.3) is 56.0 Å². The normalized spacial score (nSPS) is 22.8. The monoisotopic (exact) mass is 1030 g/mol. The molecule has 2 aliphatic carbocycles. The predicted molar refractivity (Wildman–Crippen MR) is 268 cm³/mol. The van der Waals surface area contributed by atoms with Crippen LogP contribution in [-0.4, -0.2) is 84.7 Å². The lowest BCUT2D eigenvalue weighted by Gasteiger charge is -2.26. The number of aromatic nitrogens is 8. The average Bonchev–Trinajstić information content (AvgIpc) is 4.08. The molecule has 9 aromatic rings. The molecular weight excluding hydrogens is 982 g/mol. The molecule has 0 spiro atoms. The Bertz CT molecular complexity index is 3630. The van der Waals surface area contributed by atoms with Crippen LogP contribution in [-0.2, 0) is 10.8 Å². The molecule has 2 aliphatic heterocycles. The Balaban J connectivity index is 0.000000152. The first-order valence-electron chi connectivity index (χ1n) is 24.1. The van der Waals surface area contributed by atoms with E-state index in [1.807, 2.05) is 24.3 Å². The van der Waals surface area contributed by atoms with Crippen LogP contribution in [0.2, 0.25) is 5.02 Å². The first-order chi connectivity index (χ1) is 35.8. The third kappa shape index (κ3) is 7.69. The number of phenols is 1. The predicted octanol–water partition coefficient (Wildman–Crippen LogP) is 9.61. The standard InChI is InChI=1S/C30H24ClF3N6.C24H21F3N6O/c31-24-11-16(17-9-18(32)12-19(33)10-17)5-6-20(24)27-28-29(39-38-27)37-26(13-36-28)40-8-7-21-23(14-40)30(21,15-35)22-3-1-2-4-25(22)34;25-16-4-2-1-3-14(16)24(11-28)13-5-6-33(10-15(13)24)19-9-29-21-20(31-32-23(21)30-19)12-7-17(26)22(34)18(27)8-12/h1-6,9-13,21,23H,7-8,14-15,35H2,(H,37,38,39);1-4,7-9,13,15,34H,5-6,10-11,28H2,(H,30,31,32)/t21-,23+,30-;13-,15+,24-/m11/s1. The summed E-state index contributed by atoms with van der Waals surface area (Å²) >= 11 is 6.60. The number of benzene rings is 5. The van der Waals surface area contributed by atoms with Crippen molar-refractivity contribution in [2.45, 2.75) is 23.7 Å². The number of hydrogen-bond donors (Lipinski definition) is 5. The number of hydrogen-bond acceptors (Lipinski definition) is 11. The number of anilines is 2. The molecule has 4 aromatic heterocycles. The van der Waals surface area contributed by atoms with Crippen LogP contribution in [0.15, 0.2) is 109 Å². The van der Waals surface area contributed by atoms with Crippen LogP contribution in [0.5, 0.6) is 5.75 Å². The molecule has 6 heterocycles. The first-order valence-corrected chi connectivity index (χ1v) is 24.5. The van der Waals surface area contributed by atoms with E-state index in [-0.39, 0.29) is 39.9 Å². The van der Waals surface area contributed by atoms with Gasteiger partial charge in [-0.1, -0.05) is 60.1 Å². The fourth-order valence-electron chi connectivity index (χ4n) is 12.3. The van der Waals surface area contributed by atoms with Gasteiger partial charge in [0.25, 0.3) is 0 Å². The van der Waals surface area contributed by atoms with Crippen LogP contribution in [0, 0.1) is 58.6 Å². The van der Waals surface area contributed by atoms with Crippen LogP contribution >= 0.6 is 11.6 Å². The second-order valence-corrected chi connectivity index (χ2v) is 19.9. The molecule has 74 heavy (non-hydrogen) atoms. The Morgan fingerprint density at radius 3 is 1.58 bits per heavy atom. The van der Waals surface area contributed by atoms with Crippen LogP contribution in [0.3, 0.4) is 0 Å². The molecule has 0 unspecified atom stereocenters. The van der Waals surface area contributed by atoms with Crippen molar-refractivity contribution in [1.29, 1.82) is 0 Å². The quantitative estimate of drug-likeness (QED) is 0.0867. The number of halogens is 7. The summed E-state index contributed by atoms with van der Waals surface area (Å²) in [4.78, 5) is 22.7. The van der Waals surface area contributed by atoms with Crippen molar-refractivity contribution in [3.63, 3.8) is 0 Å². The highest BCUT2D eigenvalue weighted by molar-refractivity contribution is 6.34. The van der Waals surface area contributed by atoms with Gasteiger partial charge in [0.15, 0.2) is 17.4 Å². The van der Waals surface area contributed by atoms with Gasteiger partial charge in [-0.05, 0) is 101 Å². The van der Waals surface area contributed by atoms with Crippen LogP contribution in [0.1, 0.15) is 24.0 Å². The molecule has 2 saturated carbocycles. The summed E-state index contributed by atoms with van der Waals surface area (Å²) in [5.74, 6) is -2.50. The zero-order chi connectivity index (χ0) is 51.2.